The lowest BCUT2D eigenvalue weighted by Gasteiger charge is -2.43. The van der Waals surface area contributed by atoms with Crippen LogP contribution in [0.4, 0.5) is 0 Å². The van der Waals surface area contributed by atoms with E-state index in [1.165, 1.54) is 11.8 Å². The maximum Gasteiger partial charge on any atom is 0.307 e. The van der Waals surface area contributed by atoms with Crippen molar-refractivity contribution >= 4 is 45.5 Å². The van der Waals surface area contributed by atoms with Crippen molar-refractivity contribution in [3.05, 3.63) is 63.1 Å². The minimum atomic E-state index is -0.976. The number of hydrogen-bond donors (Lipinski definition) is 1. The summed E-state index contributed by atoms with van der Waals surface area (Å²) in [6.45, 7) is 2.77. The van der Waals surface area contributed by atoms with Crippen LogP contribution in [0.15, 0.2) is 40.9 Å². The smallest absolute Gasteiger partial charge is 0.307 e. The molecule has 1 aliphatic carbocycles. The molecule has 2 fully saturated rings. The van der Waals surface area contributed by atoms with Crippen LogP contribution in [-0.2, 0) is 20.8 Å². The molecule has 1 N–H and O–H groups in total. The van der Waals surface area contributed by atoms with E-state index in [9.17, 15) is 29.1 Å². The van der Waals surface area contributed by atoms with Gasteiger partial charge in [-0.2, -0.15) is 0 Å². The highest BCUT2D eigenvalue weighted by atomic mass is 79.9. The highest BCUT2D eigenvalue weighted by molar-refractivity contribution is 9.10. The number of nitrogens with zero attached hydrogens (tertiary/aromatic N) is 3. The third kappa shape index (κ3) is 5.32. The fraction of sp³-hybridized carbons (Fsp3) is 0.469. The van der Waals surface area contributed by atoms with E-state index >= 15 is 0 Å². The van der Waals surface area contributed by atoms with Crippen LogP contribution in [0.25, 0.3) is 0 Å². The summed E-state index contributed by atoms with van der Waals surface area (Å²) in [5.41, 5.74) is 2.26. The second-order valence-corrected chi connectivity index (χ2v) is 12.7. The van der Waals surface area contributed by atoms with E-state index < -0.39 is 35.7 Å². The van der Waals surface area contributed by atoms with Gasteiger partial charge in [0.05, 0.1) is 42.1 Å². The summed E-state index contributed by atoms with van der Waals surface area (Å²) in [5.74, 6) is -3.05. The molecule has 43 heavy (non-hydrogen) atoms. The number of imide groups is 1. The maximum absolute atomic E-state index is 14.3. The molecule has 0 spiro atoms. The second-order valence-electron chi connectivity index (χ2n) is 11.8. The zero-order valence-corrected chi connectivity index (χ0v) is 25.5. The number of benzene rings is 2. The summed E-state index contributed by atoms with van der Waals surface area (Å²) in [4.78, 5) is 70.0. The van der Waals surface area contributed by atoms with Crippen molar-refractivity contribution < 1.29 is 33.8 Å². The Labute approximate surface area is 258 Å². The molecule has 10 nitrogen and oxygen atoms in total. The van der Waals surface area contributed by atoms with Gasteiger partial charge in [0.25, 0.3) is 11.8 Å². The van der Waals surface area contributed by atoms with Crippen LogP contribution < -0.4 is 4.74 Å². The fourth-order valence-electron chi connectivity index (χ4n) is 7.14. The number of likely N-dealkylation sites (tertiary alicyclic amines) is 1. The molecule has 4 atom stereocenters. The van der Waals surface area contributed by atoms with E-state index in [0.717, 1.165) is 22.9 Å². The van der Waals surface area contributed by atoms with Crippen LogP contribution in [0.3, 0.4) is 0 Å². The highest BCUT2D eigenvalue weighted by Crippen LogP contribution is 2.44. The van der Waals surface area contributed by atoms with E-state index in [4.69, 9.17) is 4.74 Å². The first-order chi connectivity index (χ1) is 20.7. The molecule has 2 unspecified atom stereocenters. The number of halogens is 1. The molecule has 4 aliphatic rings. The topological polar surface area (TPSA) is 125 Å². The van der Waals surface area contributed by atoms with Crippen molar-refractivity contribution in [2.45, 2.75) is 57.6 Å². The van der Waals surface area contributed by atoms with Gasteiger partial charge in [-0.3, -0.25) is 28.9 Å². The number of hydrogen-bond acceptors (Lipinski definition) is 6. The average molecular weight is 653 g/mol. The summed E-state index contributed by atoms with van der Waals surface area (Å²) >= 11 is 3.67. The van der Waals surface area contributed by atoms with Crippen LogP contribution in [0, 0.1) is 11.8 Å². The molecule has 1 saturated carbocycles. The van der Waals surface area contributed by atoms with Gasteiger partial charge < -0.3 is 19.6 Å². The number of rotatable bonds is 6. The zero-order chi connectivity index (χ0) is 30.4. The van der Waals surface area contributed by atoms with Gasteiger partial charge in [0, 0.05) is 36.5 Å². The Morgan fingerprint density at radius 1 is 0.953 bits per heavy atom. The molecule has 2 aromatic carbocycles. The van der Waals surface area contributed by atoms with Gasteiger partial charge in [0.15, 0.2) is 0 Å². The Morgan fingerprint density at radius 2 is 1.63 bits per heavy atom. The van der Waals surface area contributed by atoms with Gasteiger partial charge in [-0.25, -0.2) is 0 Å². The summed E-state index contributed by atoms with van der Waals surface area (Å²) in [6.07, 6.45) is 3.32. The highest BCUT2D eigenvalue weighted by Gasteiger charge is 2.45. The summed E-state index contributed by atoms with van der Waals surface area (Å²) in [6, 6.07) is 9.64. The molecule has 11 heteroatoms. The summed E-state index contributed by atoms with van der Waals surface area (Å²) in [5, 5.41) is 9.96. The Bertz CT molecular complexity index is 1470. The lowest BCUT2D eigenvalue weighted by molar-refractivity contribution is -0.153. The molecular formula is C32H34BrN3O7. The molecule has 0 radical (unpaired) electrons. The van der Waals surface area contributed by atoms with E-state index in [2.05, 4.69) is 15.9 Å². The summed E-state index contributed by atoms with van der Waals surface area (Å²) < 4.78 is 7.34. The van der Waals surface area contributed by atoms with E-state index in [-0.39, 0.29) is 24.5 Å². The average Bonchev–Trinajstić information content (AvgIpc) is 3.57. The number of carbonyl (C=O) groups excluding carboxylic acids is 4. The zero-order valence-electron chi connectivity index (χ0n) is 24.0. The van der Waals surface area contributed by atoms with Crippen LogP contribution in [-0.4, -0.2) is 81.7 Å². The Morgan fingerprint density at radius 3 is 2.26 bits per heavy atom. The van der Waals surface area contributed by atoms with Gasteiger partial charge in [0.2, 0.25) is 11.8 Å². The van der Waals surface area contributed by atoms with Crippen molar-refractivity contribution in [3.8, 4) is 5.75 Å². The first-order valence-corrected chi connectivity index (χ1v) is 15.7. The normalized spacial score (nSPS) is 25.0. The Balaban J connectivity index is 1.40. The van der Waals surface area contributed by atoms with Crippen molar-refractivity contribution in [3.63, 3.8) is 0 Å². The quantitative estimate of drug-likeness (QED) is 0.467. The monoisotopic (exact) mass is 651 g/mol. The molecule has 226 valence electrons. The summed E-state index contributed by atoms with van der Waals surface area (Å²) in [7, 11) is 0. The van der Waals surface area contributed by atoms with Crippen LogP contribution >= 0.6 is 15.9 Å². The minimum Gasteiger partial charge on any atom is -0.488 e. The van der Waals surface area contributed by atoms with E-state index in [1.54, 1.807) is 34.1 Å². The predicted octanol–water partition coefficient (Wildman–Crippen LogP) is 4.06. The first kappa shape index (κ1) is 29.3. The lowest BCUT2D eigenvalue weighted by Crippen LogP contribution is -2.50. The van der Waals surface area contributed by atoms with Gasteiger partial charge in [0.1, 0.15) is 11.9 Å². The molecule has 3 aliphatic heterocycles. The third-order valence-electron chi connectivity index (χ3n) is 9.37. The largest absolute Gasteiger partial charge is 0.488 e. The van der Waals surface area contributed by atoms with Crippen LogP contribution in [0.5, 0.6) is 5.75 Å². The second kappa shape index (κ2) is 11.7. The number of carboxylic acids is 1. The van der Waals surface area contributed by atoms with E-state index in [0.29, 0.717) is 67.8 Å². The molecule has 0 aromatic heterocycles. The van der Waals surface area contributed by atoms with E-state index in [1.807, 2.05) is 12.1 Å². The number of carboxylic acid groups (broad SMARTS) is 1. The maximum atomic E-state index is 14.3. The molecule has 6 rings (SSSR count). The Kier molecular flexibility index (Phi) is 8.02. The molecular weight excluding hydrogens is 618 g/mol. The predicted molar refractivity (Wildman–Crippen MR) is 158 cm³/mol. The van der Waals surface area contributed by atoms with Gasteiger partial charge >= 0.3 is 5.97 Å². The van der Waals surface area contributed by atoms with Gasteiger partial charge in [-0.05, 0) is 49.1 Å². The van der Waals surface area contributed by atoms with Gasteiger partial charge in [-0.1, -0.05) is 40.9 Å². The number of amides is 4. The molecule has 3 heterocycles. The minimum absolute atomic E-state index is 0.0234. The molecule has 2 aromatic rings. The number of fused-ring (bicyclic) bond motifs is 2. The first-order valence-electron chi connectivity index (χ1n) is 14.9. The van der Waals surface area contributed by atoms with Gasteiger partial charge in [-0.15, -0.1) is 0 Å². The van der Waals surface area contributed by atoms with Crippen molar-refractivity contribution in [1.82, 2.24) is 14.7 Å². The van der Waals surface area contributed by atoms with Crippen LogP contribution in [0.1, 0.15) is 76.9 Å². The standard InChI is InChI=1S/C32H34BrN3O7/c1-18(37)34-14-12-19(16-34)43-27-11-10-25(33)24-13-15-35(29(38)22-8-4-5-9-23(22)32(41)42)26(28(24)27)17-36-30(39)20-6-2-3-7-21(20)31(36)40/h2-3,6-7,10-11,19,22-23,26H,4-5,8-9,12-17H2,1H3,(H,41,42)/t19-,22?,23?,26+/m0/s1. The van der Waals surface area contributed by atoms with Crippen molar-refractivity contribution in [2.75, 3.05) is 26.2 Å². The number of aliphatic carboxylic acids is 1. The molecule has 4 amide bonds. The molecule has 1 saturated heterocycles. The SMILES string of the molecule is CC(=O)N1CC[C@H](Oc2ccc(Br)c3c2[C@@H](CN2C(=O)c4ccccc4C2=O)N(C(=O)C2CCCCC2C(=O)O)CC3)C1. The van der Waals surface area contributed by atoms with Crippen molar-refractivity contribution in [1.29, 1.82) is 0 Å². The molecule has 0 bridgehead atoms. The number of carbonyl (C=O) groups is 5. The lowest BCUT2D eigenvalue weighted by atomic mass is 9.77. The van der Waals surface area contributed by atoms with Crippen molar-refractivity contribution in [2.24, 2.45) is 11.8 Å². The number of ether oxygens (including phenoxy) is 1. The fourth-order valence-corrected chi connectivity index (χ4v) is 7.68. The van der Waals surface area contributed by atoms with Crippen LogP contribution in [0.2, 0.25) is 0 Å². The third-order valence-corrected chi connectivity index (χ3v) is 10.1. The Hall–Kier alpha value is -3.73.